The van der Waals surface area contributed by atoms with E-state index in [1.54, 1.807) is 4.90 Å². The van der Waals surface area contributed by atoms with E-state index in [-0.39, 0.29) is 36.2 Å². The van der Waals surface area contributed by atoms with Crippen LogP contribution in [0, 0.1) is 5.92 Å². The van der Waals surface area contributed by atoms with Gasteiger partial charge in [-0.25, -0.2) is 4.68 Å². The molecule has 1 aliphatic heterocycles. The van der Waals surface area contributed by atoms with Crippen LogP contribution in [0.4, 0.5) is 0 Å². The number of piperazine rings is 1. The smallest absolute Gasteiger partial charge is 0.274 e. The molecule has 1 aromatic heterocycles. The van der Waals surface area contributed by atoms with E-state index >= 15 is 0 Å². The van der Waals surface area contributed by atoms with Gasteiger partial charge in [0.2, 0.25) is 5.91 Å². The first kappa shape index (κ1) is 22.0. The summed E-state index contributed by atoms with van der Waals surface area (Å²) in [5.74, 6) is 1.23. The van der Waals surface area contributed by atoms with Gasteiger partial charge in [-0.15, -0.1) is 0 Å². The van der Waals surface area contributed by atoms with Crippen molar-refractivity contribution >= 4 is 11.8 Å². The van der Waals surface area contributed by atoms with E-state index in [2.05, 4.69) is 5.10 Å². The van der Waals surface area contributed by atoms with Crippen LogP contribution in [0.2, 0.25) is 0 Å². The lowest BCUT2D eigenvalue weighted by molar-refractivity contribution is -0.133. The van der Waals surface area contributed by atoms with Crippen molar-refractivity contribution in [1.29, 1.82) is 0 Å². The molecule has 0 N–H and O–H groups in total. The second kappa shape index (κ2) is 10.4. The molecule has 8 nitrogen and oxygen atoms in total. The lowest BCUT2D eigenvalue weighted by atomic mass is 10.0. The van der Waals surface area contributed by atoms with Crippen molar-refractivity contribution in [1.82, 2.24) is 19.6 Å². The zero-order valence-corrected chi connectivity index (χ0v) is 18.3. The van der Waals surface area contributed by atoms with E-state index in [1.807, 2.05) is 35.2 Å². The van der Waals surface area contributed by atoms with Gasteiger partial charge in [-0.2, -0.15) is 5.10 Å². The molecule has 0 spiro atoms. The van der Waals surface area contributed by atoms with E-state index in [4.69, 9.17) is 4.74 Å². The predicted octanol–water partition coefficient (Wildman–Crippen LogP) is 2.19. The zero-order chi connectivity index (χ0) is 22.3. The fourth-order valence-electron chi connectivity index (χ4n) is 4.40. The quantitative estimate of drug-likeness (QED) is 0.662. The van der Waals surface area contributed by atoms with Crippen LogP contribution in [0.25, 0.3) is 0 Å². The number of amides is 2. The number of carbonyl (C=O) groups excluding carboxylic acids is 2. The molecule has 2 amide bonds. The molecule has 1 saturated heterocycles. The zero-order valence-electron chi connectivity index (χ0n) is 18.3. The van der Waals surface area contributed by atoms with Gasteiger partial charge in [0.25, 0.3) is 11.5 Å². The van der Waals surface area contributed by atoms with Crippen LogP contribution in [0.3, 0.4) is 0 Å². The highest BCUT2D eigenvalue weighted by atomic mass is 16.5. The van der Waals surface area contributed by atoms with Crippen molar-refractivity contribution in [2.24, 2.45) is 5.92 Å². The molecule has 2 heterocycles. The van der Waals surface area contributed by atoms with Gasteiger partial charge < -0.3 is 14.5 Å². The van der Waals surface area contributed by atoms with Gasteiger partial charge >= 0.3 is 0 Å². The third-order valence-corrected chi connectivity index (χ3v) is 6.26. The molecular formula is C24H30N4O4. The average Bonchev–Trinajstić information content (AvgIpc) is 3.34. The highest BCUT2D eigenvalue weighted by Crippen LogP contribution is 2.28. The minimum Gasteiger partial charge on any atom is -0.492 e. The molecule has 0 bridgehead atoms. The Morgan fingerprint density at radius 1 is 0.938 bits per heavy atom. The van der Waals surface area contributed by atoms with Crippen LogP contribution < -0.4 is 10.3 Å². The van der Waals surface area contributed by atoms with E-state index in [0.717, 1.165) is 12.8 Å². The summed E-state index contributed by atoms with van der Waals surface area (Å²) in [6.45, 7) is 2.57. The van der Waals surface area contributed by atoms with E-state index in [0.29, 0.717) is 44.3 Å². The molecule has 170 valence electrons. The summed E-state index contributed by atoms with van der Waals surface area (Å²) in [5, 5.41) is 4.25. The number of benzene rings is 1. The van der Waals surface area contributed by atoms with Gasteiger partial charge in [-0.1, -0.05) is 31.0 Å². The monoisotopic (exact) mass is 438 g/mol. The van der Waals surface area contributed by atoms with Crippen LogP contribution in [0.1, 0.15) is 42.6 Å². The van der Waals surface area contributed by atoms with Crippen LogP contribution in [0.15, 0.2) is 47.3 Å². The first-order valence-corrected chi connectivity index (χ1v) is 11.4. The lowest BCUT2D eigenvalue weighted by Crippen LogP contribution is -2.51. The molecular weight excluding hydrogens is 408 g/mol. The summed E-state index contributed by atoms with van der Waals surface area (Å²) in [5.41, 5.74) is -0.0458. The molecule has 4 rings (SSSR count). The van der Waals surface area contributed by atoms with Crippen molar-refractivity contribution in [3.05, 3.63) is 58.5 Å². The molecule has 1 saturated carbocycles. The third-order valence-electron chi connectivity index (χ3n) is 6.26. The molecule has 2 fully saturated rings. The fraction of sp³-hybridized carbons (Fsp3) is 0.500. The summed E-state index contributed by atoms with van der Waals surface area (Å²) >= 11 is 0. The normalized spacial score (nSPS) is 16.9. The fourth-order valence-corrected chi connectivity index (χ4v) is 4.40. The Hall–Kier alpha value is -3.16. The highest BCUT2D eigenvalue weighted by molar-refractivity contribution is 5.92. The van der Waals surface area contributed by atoms with Crippen LogP contribution in [0.5, 0.6) is 5.75 Å². The van der Waals surface area contributed by atoms with Crippen molar-refractivity contribution in [3.8, 4) is 5.75 Å². The van der Waals surface area contributed by atoms with Crippen molar-refractivity contribution in [3.63, 3.8) is 0 Å². The molecule has 32 heavy (non-hydrogen) atoms. The Bertz CT molecular complexity index is 977. The number of carbonyl (C=O) groups is 2. The van der Waals surface area contributed by atoms with Gasteiger partial charge in [-0.05, 0) is 37.0 Å². The SMILES string of the molecule is O=C(CC1CCCC1)N1CCN(C(=O)c2ccc(=O)n(CCOc3ccccc3)n2)CC1. The van der Waals surface area contributed by atoms with Crippen LogP contribution in [-0.4, -0.2) is 64.2 Å². The minimum absolute atomic E-state index is 0.203. The first-order chi connectivity index (χ1) is 15.6. The van der Waals surface area contributed by atoms with Gasteiger partial charge in [0.05, 0.1) is 6.54 Å². The number of nitrogens with zero attached hydrogens (tertiary/aromatic N) is 4. The second-order valence-corrected chi connectivity index (χ2v) is 8.47. The maximum atomic E-state index is 12.9. The summed E-state index contributed by atoms with van der Waals surface area (Å²) in [6.07, 6.45) is 5.40. The Morgan fingerprint density at radius 3 is 2.34 bits per heavy atom. The van der Waals surface area contributed by atoms with Crippen LogP contribution in [-0.2, 0) is 11.3 Å². The number of ether oxygens (including phenoxy) is 1. The molecule has 1 aliphatic carbocycles. The molecule has 0 radical (unpaired) electrons. The largest absolute Gasteiger partial charge is 0.492 e. The number of rotatable bonds is 7. The summed E-state index contributed by atoms with van der Waals surface area (Å²) in [7, 11) is 0. The maximum Gasteiger partial charge on any atom is 0.274 e. The van der Waals surface area contributed by atoms with Crippen LogP contribution >= 0.6 is 0 Å². The molecule has 0 atom stereocenters. The Kier molecular flexibility index (Phi) is 7.19. The topological polar surface area (TPSA) is 84.7 Å². The summed E-state index contributed by atoms with van der Waals surface area (Å²) in [6, 6.07) is 12.2. The average molecular weight is 439 g/mol. The second-order valence-electron chi connectivity index (χ2n) is 8.47. The van der Waals surface area contributed by atoms with Gasteiger partial charge in [0.15, 0.2) is 0 Å². The molecule has 8 heteroatoms. The Balaban J connectivity index is 1.30. The number of aromatic nitrogens is 2. The number of para-hydroxylation sites is 1. The summed E-state index contributed by atoms with van der Waals surface area (Å²) in [4.78, 5) is 41.2. The number of hydrogen-bond donors (Lipinski definition) is 0. The van der Waals surface area contributed by atoms with Gasteiger partial charge in [0, 0.05) is 38.7 Å². The van der Waals surface area contributed by atoms with Gasteiger partial charge in [-0.3, -0.25) is 14.4 Å². The molecule has 1 aromatic carbocycles. The van der Waals surface area contributed by atoms with Crippen molar-refractivity contribution < 1.29 is 14.3 Å². The minimum atomic E-state index is -0.277. The van der Waals surface area contributed by atoms with E-state index in [9.17, 15) is 14.4 Å². The molecule has 0 unspecified atom stereocenters. The maximum absolute atomic E-state index is 12.9. The standard InChI is InChI=1S/C24H30N4O4/c29-22-11-10-21(25-28(22)16-17-32-20-8-2-1-3-9-20)24(31)27-14-12-26(13-15-27)23(30)18-19-6-4-5-7-19/h1-3,8-11,19H,4-7,12-18H2. The van der Waals surface area contributed by atoms with E-state index < -0.39 is 0 Å². The third kappa shape index (κ3) is 5.55. The highest BCUT2D eigenvalue weighted by Gasteiger charge is 2.28. The van der Waals surface area contributed by atoms with Crippen molar-refractivity contribution in [2.75, 3.05) is 32.8 Å². The molecule has 2 aromatic rings. The predicted molar refractivity (Wildman–Crippen MR) is 119 cm³/mol. The Morgan fingerprint density at radius 2 is 1.62 bits per heavy atom. The number of hydrogen-bond acceptors (Lipinski definition) is 5. The summed E-state index contributed by atoms with van der Waals surface area (Å²) < 4.78 is 6.89. The van der Waals surface area contributed by atoms with Crippen molar-refractivity contribution in [2.45, 2.75) is 38.6 Å². The van der Waals surface area contributed by atoms with Gasteiger partial charge in [0.1, 0.15) is 18.1 Å². The lowest BCUT2D eigenvalue weighted by Gasteiger charge is -2.35. The van der Waals surface area contributed by atoms with E-state index in [1.165, 1.54) is 29.7 Å². The first-order valence-electron chi connectivity index (χ1n) is 11.4. The molecule has 2 aliphatic rings. The Labute approximate surface area is 187 Å².